The monoisotopic (exact) mass is 255 g/mol. The van der Waals surface area contributed by atoms with Gasteiger partial charge in [0.05, 0.1) is 6.26 Å². The SMILES string of the molecule is CCC(CC)(CS)CN(C)Cc1ccoc1C. The molecule has 0 aliphatic heterocycles. The standard InChI is InChI=1S/C14H25NOS/c1-5-14(6-2,11-17)10-15(4)9-13-7-8-16-12(13)3/h7-8,17H,5-6,9-11H2,1-4H3. The molecule has 0 atom stereocenters. The Labute approximate surface area is 111 Å². The van der Waals surface area contributed by atoms with E-state index in [2.05, 4.69) is 44.5 Å². The van der Waals surface area contributed by atoms with Crippen molar-refractivity contribution in [3.05, 3.63) is 23.7 Å². The van der Waals surface area contributed by atoms with Crippen molar-refractivity contribution < 1.29 is 4.42 Å². The van der Waals surface area contributed by atoms with Crippen LogP contribution in [0.3, 0.4) is 0 Å². The van der Waals surface area contributed by atoms with Gasteiger partial charge in [-0.05, 0) is 44.0 Å². The lowest BCUT2D eigenvalue weighted by molar-refractivity contribution is 0.178. The molecule has 17 heavy (non-hydrogen) atoms. The summed E-state index contributed by atoms with van der Waals surface area (Å²) in [5.41, 5.74) is 1.63. The number of rotatable bonds is 7. The summed E-state index contributed by atoms with van der Waals surface area (Å²) in [6.07, 6.45) is 4.13. The largest absolute Gasteiger partial charge is 0.469 e. The topological polar surface area (TPSA) is 16.4 Å². The minimum atomic E-state index is 0.343. The van der Waals surface area contributed by atoms with E-state index in [1.807, 2.05) is 6.92 Å². The fourth-order valence-corrected chi connectivity index (χ4v) is 2.79. The first-order valence-corrected chi connectivity index (χ1v) is 7.02. The molecule has 0 aliphatic rings. The van der Waals surface area contributed by atoms with Crippen molar-refractivity contribution in [1.82, 2.24) is 4.90 Å². The highest BCUT2D eigenvalue weighted by Crippen LogP contribution is 2.29. The summed E-state index contributed by atoms with van der Waals surface area (Å²) >= 11 is 4.53. The van der Waals surface area contributed by atoms with Crippen LogP contribution in [0.2, 0.25) is 0 Å². The number of hydrogen-bond donors (Lipinski definition) is 1. The molecule has 0 aliphatic carbocycles. The normalized spacial score (nSPS) is 12.4. The van der Waals surface area contributed by atoms with Crippen molar-refractivity contribution >= 4 is 12.6 Å². The van der Waals surface area contributed by atoms with Gasteiger partial charge in [-0.15, -0.1) is 0 Å². The maximum absolute atomic E-state index is 5.33. The van der Waals surface area contributed by atoms with Crippen LogP contribution in [0.25, 0.3) is 0 Å². The van der Waals surface area contributed by atoms with Crippen molar-refractivity contribution in [2.75, 3.05) is 19.3 Å². The second kappa shape index (κ2) is 6.50. The van der Waals surface area contributed by atoms with E-state index >= 15 is 0 Å². The van der Waals surface area contributed by atoms with E-state index in [1.165, 1.54) is 18.4 Å². The summed E-state index contributed by atoms with van der Waals surface area (Å²) in [5.74, 6) is 1.98. The van der Waals surface area contributed by atoms with Gasteiger partial charge >= 0.3 is 0 Å². The van der Waals surface area contributed by atoms with Gasteiger partial charge in [-0.1, -0.05) is 13.8 Å². The maximum Gasteiger partial charge on any atom is 0.105 e. The van der Waals surface area contributed by atoms with Crippen molar-refractivity contribution in [2.45, 2.75) is 40.2 Å². The Bertz CT molecular complexity index is 322. The molecule has 0 aromatic carbocycles. The molecule has 98 valence electrons. The van der Waals surface area contributed by atoms with Crippen LogP contribution in [0.1, 0.15) is 38.0 Å². The van der Waals surface area contributed by atoms with Crippen LogP contribution in [-0.2, 0) is 6.54 Å². The zero-order valence-electron chi connectivity index (χ0n) is 11.5. The Morgan fingerprint density at radius 3 is 2.41 bits per heavy atom. The van der Waals surface area contributed by atoms with E-state index in [0.29, 0.717) is 5.41 Å². The van der Waals surface area contributed by atoms with Gasteiger partial charge in [-0.3, -0.25) is 0 Å². The van der Waals surface area contributed by atoms with E-state index in [9.17, 15) is 0 Å². The molecule has 0 spiro atoms. The lowest BCUT2D eigenvalue weighted by atomic mass is 9.84. The minimum absolute atomic E-state index is 0.343. The molecule has 1 heterocycles. The predicted molar refractivity (Wildman–Crippen MR) is 76.6 cm³/mol. The van der Waals surface area contributed by atoms with Gasteiger partial charge in [0.25, 0.3) is 0 Å². The molecule has 0 N–H and O–H groups in total. The lowest BCUT2D eigenvalue weighted by Crippen LogP contribution is -2.36. The molecule has 0 radical (unpaired) electrons. The summed E-state index contributed by atoms with van der Waals surface area (Å²) in [6.45, 7) is 8.59. The molecule has 0 saturated heterocycles. The Balaban J connectivity index is 2.59. The third-order valence-corrected chi connectivity index (χ3v) is 4.52. The molecule has 0 bridgehead atoms. The second-order valence-corrected chi connectivity index (χ2v) is 5.36. The highest BCUT2D eigenvalue weighted by atomic mass is 32.1. The van der Waals surface area contributed by atoms with Gasteiger partial charge in [0.1, 0.15) is 5.76 Å². The average molecular weight is 255 g/mol. The second-order valence-electron chi connectivity index (χ2n) is 5.04. The van der Waals surface area contributed by atoms with E-state index in [0.717, 1.165) is 24.6 Å². The molecule has 0 amide bonds. The quantitative estimate of drug-likeness (QED) is 0.747. The van der Waals surface area contributed by atoms with Crippen LogP contribution in [-0.4, -0.2) is 24.2 Å². The average Bonchev–Trinajstić information content (AvgIpc) is 2.72. The highest BCUT2D eigenvalue weighted by Gasteiger charge is 2.26. The van der Waals surface area contributed by atoms with Gasteiger partial charge in [0.2, 0.25) is 0 Å². The third kappa shape index (κ3) is 3.78. The number of aryl methyl sites for hydroxylation is 1. The smallest absolute Gasteiger partial charge is 0.105 e. The molecule has 2 nitrogen and oxygen atoms in total. The van der Waals surface area contributed by atoms with Crippen LogP contribution in [0.15, 0.2) is 16.7 Å². The third-order valence-electron chi connectivity index (χ3n) is 3.85. The molecule has 1 aromatic rings. The van der Waals surface area contributed by atoms with Gasteiger partial charge < -0.3 is 9.32 Å². The van der Waals surface area contributed by atoms with Crippen LogP contribution in [0.5, 0.6) is 0 Å². The van der Waals surface area contributed by atoms with E-state index in [4.69, 9.17) is 4.42 Å². The molecular weight excluding hydrogens is 230 g/mol. The molecular formula is C14H25NOS. The summed E-state index contributed by atoms with van der Waals surface area (Å²) in [4.78, 5) is 2.38. The number of thiol groups is 1. The van der Waals surface area contributed by atoms with Gasteiger partial charge in [0.15, 0.2) is 0 Å². The van der Waals surface area contributed by atoms with E-state index in [1.54, 1.807) is 6.26 Å². The van der Waals surface area contributed by atoms with E-state index < -0.39 is 0 Å². The van der Waals surface area contributed by atoms with Gasteiger partial charge in [-0.25, -0.2) is 0 Å². The summed E-state index contributed by atoms with van der Waals surface area (Å²) in [7, 11) is 2.18. The highest BCUT2D eigenvalue weighted by molar-refractivity contribution is 7.80. The Hall–Kier alpha value is -0.410. The molecule has 0 fully saturated rings. The van der Waals surface area contributed by atoms with Crippen molar-refractivity contribution in [1.29, 1.82) is 0 Å². The Morgan fingerprint density at radius 2 is 2.00 bits per heavy atom. The first kappa shape index (κ1) is 14.7. The molecule has 1 aromatic heterocycles. The van der Waals surface area contributed by atoms with Crippen LogP contribution in [0.4, 0.5) is 0 Å². The van der Waals surface area contributed by atoms with Gasteiger partial charge in [0, 0.05) is 18.7 Å². The summed E-state index contributed by atoms with van der Waals surface area (Å²) in [5, 5.41) is 0. The van der Waals surface area contributed by atoms with E-state index in [-0.39, 0.29) is 0 Å². The van der Waals surface area contributed by atoms with Crippen LogP contribution in [0, 0.1) is 12.3 Å². The predicted octanol–water partition coefficient (Wildman–Crippen LogP) is 3.76. The number of hydrogen-bond acceptors (Lipinski definition) is 3. The fourth-order valence-electron chi connectivity index (χ4n) is 2.24. The van der Waals surface area contributed by atoms with Gasteiger partial charge in [-0.2, -0.15) is 12.6 Å². The zero-order chi connectivity index (χ0) is 12.9. The Kier molecular flexibility index (Phi) is 5.60. The first-order chi connectivity index (χ1) is 8.06. The van der Waals surface area contributed by atoms with Crippen LogP contribution >= 0.6 is 12.6 Å². The van der Waals surface area contributed by atoms with Crippen molar-refractivity contribution in [3.8, 4) is 0 Å². The van der Waals surface area contributed by atoms with Crippen molar-refractivity contribution in [3.63, 3.8) is 0 Å². The van der Waals surface area contributed by atoms with Crippen LogP contribution < -0.4 is 0 Å². The number of nitrogens with zero attached hydrogens (tertiary/aromatic N) is 1. The Morgan fingerprint density at radius 1 is 1.35 bits per heavy atom. The maximum atomic E-state index is 5.33. The first-order valence-electron chi connectivity index (χ1n) is 6.39. The minimum Gasteiger partial charge on any atom is -0.469 e. The van der Waals surface area contributed by atoms with Crippen molar-refractivity contribution in [2.24, 2.45) is 5.41 Å². The lowest BCUT2D eigenvalue weighted by Gasteiger charge is -2.34. The molecule has 1 rings (SSSR count). The fraction of sp³-hybridized carbons (Fsp3) is 0.714. The molecule has 3 heteroatoms. The summed E-state index contributed by atoms with van der Waals surface area (Å²) < 4.78 is 5.33. The number of furan rings is 1. The molecule has 0 saturated carbocycles. The zero-order valence-corrected chi connectivity index (χ0v) is 12.4. The summed E-state index contributed by atoms with van der Waals surface area (Å²) in [6, 6.07) is 2.06. The molecule has 0 unspecified atom stereocenters.